The van der Waals surface area contributed by atoms with Crippen LogP contribution in [0.15, 0.2) is 0 Å². The molecule has 11 heavy (non-hydrogen) atoms. The predicted molar refractivity (Wildman–Crippen MR) is 37.5 cm³/mol. The summed E-state index contributed by atoms with van der Waals surface area (Å²) >= 11 is 0. The first-order valence-corrected chi connectivity index (χ1v) is 3.39. The van der Waals surface area contributed by atoms with Crippen molar-refractivity contribution in [2.45, 2.75) is 26.3 Å². The summed E-state index contributed by atoms with van der Waals surface area (Å²) in [4.78, 5) is 0. The van der Waals surface area contributed by atoms with E-state index in [-0.39, 0.29) is 12.5 Å². The molecule has 1 aromatic heterocycles. The summed E-state index contributed by atoms with van der Waals surface area (Å²) in [6.45, 7) is 3.94. The molecule has 0 aliphatic heterocycles. The molecule has 0 aliphatic rings. The number of hydrogen-bond acceptors (Lipinski definition) is 4. The van der Waals surface area contributed by atoms with Crippen LogP contribution in [0.1, 0.15) is 25.7 Å². The molecule has 0 aromatic carbocycles. The summed E-state index contributed by atoms with van der Waals surface area (Å²) in [6, 6.07) is 2.22. The van der Waals surface area contributed by atoms with Gasteiger partial charge in [-0.05, 0) is 24.3 Å². The van der Waals surface area contributed by atoms with Gasteiger partial charge in [-0.2, -0.15) is 5.26 Å². The molecule has 5 heteroatoms. The largest absolute Gasteiger partial charge is 0.226 e. The fourth-order valence-corrected chi connectivity index (χ4v) is 0.801. The minimum absolute atomic E-state index is 0.216. The first-order valence-electron chi connectivity index (χ1n) is 3.39. The number of nitrogens with zero attached hydrogens (tertiary/aromatic N) is 5. The van der Waals surface area contributed by atoms with Gasteiger partial charge in [0.1, 0.15) is 0 Å². The Bertz CT molecular complexity index is 269. The number of hydrogen-bond donors (Lipinski definition) is 0. The highest BCUT2D eigenvalue weighted by Crippen LogP contribution is 2.03. The van der Waals surface area contributed by atoms with E-state index in [9.17, 15) is 0 Å². The van der Waals surface area contributed by atoms with Crippen LogP contribution in [-0.2, 0) is 6.42 Å². The minimum Gasteiger partial charge on any atom is -0.226 e. The zero-order valence-corrected chi connectivity index (χ0v) is 6.52. The Morgan fingerprint density at radius 3 is 2.91 bits per heavy atom. The molecule has 0 saturated heterocycles. The van der Waals surface area contributed by atoms with Gasteiger partial charge in [0, 0.05) is 0 Å². The van der Waals surface area contributed by atoms with Gasteiger partial charge in [-0.1, -0.05) is 0 Å². The van der Waals surface area contributed by atoms with Gasteiger partial charge in [-0.3, -0.25) is 0 Å². The monoisotopic (exact) mass is 151 g/mol. The van der Waals surface area contributed by atoms with Crippen LogP contribution in [0.4, 0.5) is 0 Å². The summed E-state index contributed by atoms with van der Waals surface area (Å²) in [5, 5.41) is 19.3. The fraction of sp³-hybridized carbons (Fsp3) is 0.667. The lowest BCUT2D eigenvalue weighted by molar-refractivity contribution is 0.499. The molecule has 0 unspecified atom stereocenters. The second-order valence-corrected chi connectivity index (χ2v) is 2.47. The third-order valence-corrected chi connectivity index (χ3v) is 1.29. The highest BCUT2D eigenvalue weighted by molar-refractivity contribution is 4.92. The molecule has 0 spiro atoms. The first-order chi connectivity index (χ1) is 5.25. The van der Waals surface area contributed by atoms with Gasteiger partial charge in [0.05, 0.1) is 18.5 Å². The number of rotatable bonds is 2. The van der Waals surface area contributed by atoms with E-state index in [0.29, 0.717) is 5.82 Å². The summed E-state index contributed by atoms with van der Waals surface area (Å²) in [7, 11) is 0. The van der Waals surface area contributed by atoms with Crippen LogP contribution in [0.3, 0.4) is 0 Å². The van der Waals surface area contributed by atoms with Crippen molar-refractivity contribution in [1.82, 2.24) is 20.2 Å². The van der Waals surface area contributed by atoms with Crippen LogP contribution in [0.25, 0.3) is 0 Å². The summed E-state index contributed by atoms with van der Waals surface area (Å²) in [6.07, 6.45) is 0.269. The van der Waals surface area contributed by atoms with Gasteiger partial charge >= 0.3 is 0 Å². The zero-order valence-electron chi connectivity index (χ0n) is 6.52. The molecule has 1 aromatic rings. The van der Waals surface area contributed by atoms with Crippen molar-refractivity contribution in [2.24, 2.45) is 0 Å². The fourth-order valence-electron chi connectivity index (χ4n) is 0.801. The van der Waals surface area contributed by atoms with Crippen molar-refractivity contribution in [3.63, 3.8) is 0 Å². The van der Waals surface area contributed by atoms with Crippen molar-refractivity contribution < 1.29 is 0 Å². The van der Waals surface area contributed by atoms with Gasteiger partial charge in [-0.25, -0.2) is 4.68 Å². The molecule has 1 rings (SSSR count). The topological polar surface area (TPSA) is 67.4 Å². The average Bonchev–Trinajstić information content (AvgIpc) is 2.36. The standard InChI is InChI=1S/C6H9N5/c1-5(2)11-6(3-4-7)8-9-10-11/h5H,3H2,1-2H3. The number of aromatic nitrogens is 4. The van der Waals surface area contributed by atoms with Crippen LogP contribution in [0.5, 0.6) is 0 Å². The molecule has 0 bridgehead atoms. The lowest BCUT2D eigenvalue weighted by Gasteiger charge is -2.03. The van der Waals surface area contributed by atoms with Crippen molar-refractivity contribution in [1.29, 1.82) is 5.26 Å². The molecule has 0 saturated carbocycles. The van der Waals surface area contributed by atoms with E-state index in [4.69, 9.17) is 5.26 Å². The molecular formula is C6H9N5. The molecule has 58 valence electrons. The van der Waals surface area contributed by atoms with Crippen molar-refractivity contribution in [3.05, 3.63) is 5.82 Å². The molecule has 1 heterocycles. The van der Waals surface area contributed by atoms with Crippen LogP contribution < -0.4 is 0 Å². The Balaban J connectivity index is 2.89. The minimum atomic E-state index is 0.216. The van der Waals surface area contributed by atoms with Gasteiger partial charge in [0.2, 0.25) is 0 Å². The van der Waals surface area contributed by atoms with E-state index in [1.807, 2.05) is 19.9 Å². The average molecular weight is 151 g/mol. The molecule has 5 nitrogen and oxygen atoms in total. The van der Waals surface area contributed by atoms with E-state index in [1.54, 1.807) is 4.68 Å². The Hall–Kier alpha value is -1.44. The number of tetrazole rings is 1. The third-order valence-electron chi connectivity index (χ3n) is 1.29. The summed E-state index contributed by atoms with van der Waals surface area (Å²) < 4.78 is 1.64. The Labute approximate surface area is 64.6 Å². The van der Waals surface area contributed by atoms with Gasteiger partial charge in [-0.15, -0.1) is 5.10 Å². The maximum absolute atomic E-state index is 8.39. The SMILES string of the molecule is CC(C)n1nnnc1CC#N. The second kappa shape index (κ2) is 3.10. The summed E-state index contributed by atoms with van der Waals surface area (Å²) in [5.74, 6) is 0.627. The van der Waals surface area contributed by atoms with E-state index in [2.05, 4.69) is 15.5 Å². The quantitative estimate of drug-likeness (QED) is 0.610. The Kier molecular flexibility index (Phi) is 2.16. The van der Waals surface area contributed by atoms with Crippen LogP contribution in [-0.4, -0.2) is 20.2 Å². The Morgan fingerprint density at radius 1 is 1.64 bits per heavy atom. The smallest absolute Gasteiger partial charge is 0.165 e. The van der Waals surface area contributed by atoms with E-state index in [1.165, 1.54) is 0 Å². The first kappa shape index (κ1) is 7.66. The van der Waals surface area contributed by atoms with Crippen LogP contribution >= 0.6 is 0 Å². The van der Waals surface area contributed by atoms with E-state index < -0.39 is 0 Å². The zero-order chi connectivity index (χ0) is 8.27. The van der Waals surface area contributed by atoms with E-state index in [0.717, 1.165) is 0 Å². The lowest BCUT2D eigenvalue weighted by atomic mass is 10.3. The lowest BCUT2D eigenvalue weighted by Crippen LogP contribution is -2.07. The predicted octanol–water partition coefficient (Wildman–Crippen LogP) is 0.320. The van der Waals surface area contributed by atoms with Crippen molar-refractivity contribution >= 4 is 0 Å². The number of nitriles is 1. The van der Waals surface area contributed by atoms with Gasteiger partial charge < -0.3 is 0 Å². The molecule has 0 N–H and O–H groups in total. The molecular weight excluding hydrogens is 142 g/mol. The highest BCUT2D eigenvalue weighted by atomic mass is 15.5. The molecule has 0 aliphatic carbocycles. The maximum Gasteiger partial charge on any atom is 0.165 e. The highest BCUT2D eigenvalue weighted by Gasteiger charge is 2.06. The normalized spacial score (nSPS) is 10.0. The maximum atomic E-state index is 8.39. The summed E-state index contributed by atoms with van der Waals surface area (Å²) in [5.41, 5.74) is 0. The van der Waals surface area contributed by atoms with Crippen LogP contribution in [0.2, 0.25) is 0 Å². The molecule has 0 radical (unpaired) electrons. The van der Waals surface area contributed by atoms with Crippen molar-refractivity contribution in [2.75, 3.05) is 0 Å². The van der Waals surface area contributed by atoms with Crippen LogP contribution in [0, 0.1) is 11.3 Å². The van der Waals surface area contributed by atoms with Crippen molar-refractivity contribution in [3.8, 4) is 6.07 Å². The second-order valence-electron chi connectivity index (χ2n) is 2.47. The Morgan fingerprint density at radius 2 is 2.36 bits per heavy atom. The molecule has 0 amide bonds. The van der Waals surface area contributed by atoms with Gasteiger partial charge in [0.25, 0.3) is 0 Å². The molecule has 0 fully saturated rings. The third kappa shape index (κ3) is 1.52. The van der Waals surface area contributed by atoms with E-state index >= 15 is 0 Å². The molecule has 0 atom stereocenters. The van der Waals surface area contributed by atoms with Gasteiger partial charge in [0.15, 0.2) is 5.82 Å².